The summed E-state index contributed by atoms with van der Waals surface area (Å²) in [5, 5.41) is 21.4. The molecule has 1 aliphatic rings. The number of nitrogens with zero attached hydrogens (tertiary/aromatic N) is 4. The number of imidazole rings is 1. The van der Waals surface area contributed by atoms with Gasteiger partial charge < -0.3 is 14.8 Å². The van der Waals surface area contributed by atoms with Crippen LogP contribution in [0.2, 0.25) is 5.15 Å². The molecule has 0 bridgehead atoms. The Balaban J connectivity index is 1.58. The van der Waals surface area contributed by atoms with E-state index in [2.05, 4.69) is 15.0 Å². The molecule has 1 unspecified atom stereocenters. The van der Waals surface area contributed by atoms with Crippen molar-refractivity contribution < 1.29 is 19.8 Å². The second-order valence-corrected chi connectivity index (χ2v) is 10.5. The Hall–Kier alpha value is -3.11. The third-order valence-corrected chi connectivity index (χ3v) is 8.51. The lowest BCUT2D eigenvalue weighted by Crippen LogP contribution is -2.50. The molecule has 184 valence electrons. The van der Waals surface area contributed by atoms with E-state index in [0.29, 0.717) is 27.9 Å². The minimum atomic E-state index is -2.07. The van der Waals surface area contributed by atoms with Crippen molar-refractivity contribution in [3.63, 3.8) is 0 Å². The molecule has 3 heterocycles. The van der Waals surface area contributed by atoms with Gasteiger partial charge in [0, 0.05) is 12.0 Å². The molecule has 1 fully saturated rings. The Bertz CT molecular complexity index is 1490. The number of ketones is 2. The van der Waals surface area contributed by atoms with Gasteiger partial charge in [0.25, 0.3) is 0 Å². The van der Waals surface area contributed by atoms with Crippen LogP contribution in [0.5, 0.6) is 0 Å². The number of rotatable bonds is 6. The highest BCUT2D eigenvalue weighted by Crippen LogP contribution is 2.51. The number of aliphatic hydroxyl groups is 2. The maximum atomic E-state index is 13.8. The number of hydrogen-bond donors (Lipinski definition) is 2. The Morgan fingerprint density at radius 3 is 2.50 bits per heavy atom. The molecule has 2 aromatic heterocycles. The lowest BCUT2D eigenvalue weighted by atomic mass is 9.82. The average molecular weight is 523 g/mol. The van der Waals surface area contributed by atoms with Crippen LogP contribution in [0.25, 0.3) is 11.2 Å². The van der Waals surface area contributed by atoms with Gasteiger partial charge in [-0.2, -0.15) is 0 Å². The summed E-state index contributed by atoms with van der Waals surface area (Å²) in [7, 11) is 0. The molecule has 2 N–H and O–H groups in total. The summed E-state index contributed by atoms with van der Waals surface area (Å²) >= 11 is 7.26. The van der Waals surface area contributed by atoms with E-state index in [4.69, 9.17) is 11.6 Å². The maximum Gasteiger partial charge on any atom is 0.196 e. The molecule has 4 aromatic rings. The highest BCUT2D eigenvalue weighted by molar-refractivity contribution is 8.01. The van der Waals surface area contributed by atoms with Gasteiger partial charge in [0.2, 0.25) is 0 Å². The Morgan fingerprint density at radius 1 is 1.08 bits per heavy atom. The SMILES string of the molecule is Cc1ccccc1C(=O)[C@]1(O)C[C@@H](n2cnc3c(Cl)ncnc32)S[C@H]1C(=O)C(O)c1ccccc1C. The molecular formula is C26H23ClN4O4S. The van der Waals surface area contributed by atoms with Gasteiger partial charge in [0.15, 0.2) is 22.4 Å². The van der Waals surface area contributed by atoms with Gasteiger partial charge in [-0.3, -0.25) is 9.59 Å². The zero-order valence-corrected chi connectivity index (χ0v) is 21.1. The van der Waals surface area contributed by atoms with Gasteiger partial charge in [-0.15, -0.1) is 11.8 Å². The molecule has 4 atom stereocenters. The maximum absolute atomic E-state index is 13.8. The fraction of sp³-hybridized carbons (Fsp3) is 0.269. The standard InChI is InChI=1S/C26H23ClN4O4S/c1-14-7-3-5-9-16(14)20(32)21(33)23-26(35,22(34)17-10-6-4-8-15(17)2)11-18(36-23)31-13-30-19-24(27)28-12-29-25(19)31/h3-10,12-13,18,20,23,32,35H,11H2,1-2H3/t18-,20?,23-,26+/m0/s1. The number of carbonyl (C=O) groups excluding carboxylic acids is 2. The average Bonchev–Trinajstić information content (AvgIpc) is 3.46. The van der Waals surface area contributed by atoms with Crippen molar-refractivity contribution in [3.05, 3.63) is 88.6 Å². The highest BCUT2D eigenvalue weighted by Gasteiger charge is 2.57. The lowest BCUT2D eigenvalue weighted by Gasteiger charge is -2.29. The number of thioether (sulfide) groups is 1. The number of hydrogen-bond acceptors (Lipinski definition) is 8. The summed E-state index contributed by atoms with van der Waals surface area (Å²) in [5.41, 5.74) is 0.903. The third kappa shape index (κ3) is 4.02. The minimum Gasteiger partial charge on any atom is -0.380 e. The number of carbonyl (C=O) groups is 2. The number of aliphatic hydroxyl groups excluding tert-OH is 1. The number of aryl methyl sites for hydroxylation is 2. The first-order valence-corrected chi connectivity index (χ1v) is 12.6. The minimum absolute atomic E-state index is 0.0885. The molecule has 0 amide bonds. The molecule has 0 saturated carbocycles. The van der Waals surface area contributed by atoms with Crippen molar-refractivity contribution in [1.82, 2.24) is 19.5 Å². The molecule has 8 nitrogen and oxygen atoms in total. The molecule has 10 heteroatoms. The number of aromatic nitrogens is 4. The van der Waals surface area contributed by atoms with E-state index in [1.54, 1.807) is 60.9 Å². The number of benzene rings is 2. The Kier molecular flexibility index (Phi) is 6.42. The first kappa shape index (κ1) is 24.6. The quantitative estimate of drug-likeness (QED) is 0.288. The summed E-state index contributed by atoms with van der Waals surface area (Å²) in [4.78, 5) is 40.0. The van der Waals surface area contributed by atoms with Crippen LogP contribution in [-0.4, -0.2) is 52.1 Å². The summed E-state index contributed by atoms with van der Waals surface area (Å²) in [6.07, 6.45) is 1.22. The van der Waals surface area contributed by atoms with Crippen molar-refractivity contribution in [2.24, 2.45) is 0 Å². The topological polar surface area (TPSA) is 118 Å². The summed E-state index contributed by atoms with van der Waals surface area (Å²) in [5.74, 6) is -1.21. The van der Waals surface area contributed by atoms with Crippen molar-refractivity contribution in [3.8, 4) is 0 Å². The van der Waals surface area contributed by atoms with Gasteiger partial charge in [-0.05, 0) is 30.5 Å². The van der Waals surface area contributed by atoms with E-state index >= 15 is 0 Å². The zero-order chi connectivity index (χ0) is 25.6. The molecular weight excluding hydrogens is 500 g/mol. The van der Waals surface area contributed by atoms with Gasteiger partial charge in [-0.1, -0.05) is 60.1 Å². The van der Waals surface area contributed by atoms with Crippen LogP contribution >= 0.6 is 23.4 Å². The molecule has 0 radical (unpaired) electrons. The third-order valence-electron chi connectivity index (χ3n) is 6.63. The second kappa shape index (κ2) is 9.40. The van der Waals surface area contributed by atoms with Crippen LogP contribution < -0.4 is 0 Å². The van der Waals surface area contributed by atoms with E-state index in [1.165, 1.54) is 12.7 Å². The molecule has 0 aliphatic carbocycles. The number of halogens is 1. The smallest absolute Gasteiger partial charge is 0.196 e. The lowest BCUT2D eigenvalue weighted by molar-refractivity contribution is -0.130. The van der Waals surface area contributed by atoms with Crippen molar-refractivity contribution in [2.45, 2.75) is 42.6 Å². The van der Waals surface area contributed by atoms with Gasteiger partial charge in [-0.25, -0.2) is 15.0 Å². The second-order valence-electron chi connectivity index (χ2n) is 8.89. The Morgan fingerprint density at radius 2 is 1.78 bits per heavy atom. The van der Waals surface area contributed by atoms with Crippen LogP contribution in [0, 0.1) is 13.8 Å². The van der Waals surface area contributed by atoms with E-state index < -0.39 is 33.9 Å². The van der Waals surface area contributed by atoms with Crippen LogP contribution in [-0.2, 0) is 4.79 Å². The molecule has 0 spiro atoms. The van der Waals surface area contributed by atoms with Crippen LogP contribution in [0.1, 0.15) is 44.9 Å². The molecule has 36 heavy (non-hydrogen) atoms. The predicted molar refractivity (Wildman–Crippen MR) is 137 cm³/mol. The van der Waals surface area contributed by atoms with Crippen LogP contribution in [0.15, 0.2) is 61.2 Å². The van der Waals surface area contributed by atoms with Crippen molar-refractivity contribution >= 4 is 46.1 Å². The Labute approximate surface area is 216 Å². The number of fused-ring (bicyclic) bond motifs is 1. The first-order valence-electron chi connectivity index (χ1n) is 11.3. The molecule has 5 rings (SSSR count). The largest absolute Gasteiger partial charge is 0.380 e. The predicted octanol–water partition coefficient (Wildman–Crippen LogP) is 4.02. The fourth-order valence-electron chi connectivity index (χ4n) is 4.65. The van der Waals surface area contributed by atoms with Gasteiger partial charge in [0.1, 0.15) is 28.8 Å². The highest BCUT2D eigenvalue weighted by atomic mass is 35.5. The molecule has 2 aromatic carbocycles. The van der Waals surface area contributed by atoms with Crippen molar-refractivity contribution in [2.75, 3.05) is 0 Å². The summed E-state index contributed by atoms with van der Waals surface area (Å²) in [6, 6.07) is 13.9. The van der Waals surface area contributed by atoms with Crippen LogP contribution in [0.3, 0.4) is 0 Å². The monoisotopic (exact) mass is 522 g/mol. The van der Waals surface area contributed by atoms with E-state index in [0.717, 1.165) is 17.3 Å². The number of Topliss-reactive ketones (excluding diaryl/α,β-unsaturated/α-hetero) is 2. The van der Waals surface area contributed by atoms with E-state index in [-0.39, 0.29) is 11.6 Å². The van der Waals surface area contributed by atoms with Crippen LogP contribution in [0.4, 0.5) is 0 Å². The summed E-state index contributed by atoms with van der Waals surface area (Å²) in [6.45, 7) is 3.57. The van der Waals surface area contributed by atoms with Gasteiger partial charge >= 0.3 is 0 Å². The van der Waals surface area contributed by atoms with E-state index in [9.17, 15) is 19.8 Å². The first-order chi connectivity index (χ1) is 17.2. The van der Waals surface area contributed by atoms with Crippen molar-refractivity contribution in [1.29, 1.82) is 0 Å². The fourth-order valence-corrected chi connectivity index (χ4v) is 6.47. The molecule has 1 aliphatic heterocycles. The van der Waals surface area contributed by atoms with Gasteiger partial charge in [0.05, 0.1) is 11.7 Å². The normalized spacial score (nSPS) is 22.6. The van der Waals surface area contributed by atoms with E-state index in [1.807, 2.05) is 6.07 Å². The zero-order valence-electron chi connectivity index (χ0n) is 19.5. The molecule has 1 saturated heterocycles. The summed E-state index contributed by atoms with van der Waals surface area (Å²) < 4.78 is 1.68.